The van der Waals surface area contributed by atoms with Crippen LogP contribution in [0.25, 0.3) is 11.0 Å². The molecule has 0 radical (unpaired) electrons. The second-order valence-corrected chi connectivity index (χ2v) is 6.53. The van der Waals surface area contributed by atoms with Crippen molar-refractivity contribution in [3.63, 3.8) is 0 Å². The van der Waals surface area contributed by atoms with Gasteiger partial charge in [0.1, 0.15) is 17.3 Å². The fraction of sp³-hybridized carbons (Fsp3) is 0.143. The molecule has 3 heterocycles. The van der Waals surface area contributed by atoms with Gasteiger partial charge in [-0.2, -0.15) is 4.39 Å². The number of hydrogen-bond acceptors (Lipinski definition) is 3. The summed E-state index contributed by atoms with van der Waals surface area (Å²) in [6.45, 7) is 2.42. The molecule has 0 saturated carbocycles. The van der Waals surface area contributed by atoms with E-state index < -0.39 is 5.95 Å². The standard InChI is InChI=1S/C21H18F2N4/c1-13-8-18-16(12-26-21(18)25-10-13)9-15-4-7-19(27-20(15)23)24-11-14-2-5-17(22)6-3-14/h2-8,10,12H,9,11H2,1H3,(H,24,27)(H,25,26). The van der Waals surface area contributed by atoms with Crippen LogP contribution >= 0.6 is 0 Å². The van der Waals surface area contributed by atoms with Crippen LogP contribution in [0.4, 0.5) is 14.6 Å². The number of pyridine rings is 2. The lowest BCUT2D eigenvalue weighted by atomic mass is 10.1. The van der Waals surface area contributed by atoms with Crippen molar-refractivity contribution in [3.05, 3.63) is 88.9 Å². The molecule has 0 aliphatic heterocycles. The van der Waals surface area contributed by atoms with Crippen LogP contribution in [-0.4, -0.2) is 15.0 Å². The first kappa shape index (κ1) is 17.1. The van der Waals surface area contributed by atoms with E-state index in [0.29, 0.717) is 24.3 Å². The predicted molar refractivity (Wildman–Crippen MR) is 102 cm³/mol. The number of aromatic amines is 1. The number of aromatic nitrogens is 3. The topological polar surface area (TPSA) is 53.6 Å². The fourth-order valence-electron chi connectivity index (χ4n) is 3.00. The fourth-order valence-corrected chi connectivity index (χ4v) is 3.00. The molecule has 27 heavy (non-hydrogen) atoms. The Morgan fingerprint density at radius 2 is 1.85 bits per heavy atom. The smallest absolute Gasteiger partial charge is 0.218 e. The number of hydrogen-bond donors (Lipinski definition) is 2. The number of benzene rings is 1. The molecule has 4 nitrogen and oxygen atoms in total. The van der Waals surface area contributed by atoms with E-state index >= 15 is 0 Å². The second kappa shape index (κ2) is 7.15. The van der Waals surface area contributed by atoms with Crippen molar-refractivity contribution >= 4 is 16.9 Å². The van der Waals surface area contributed by atoms with Crippen molar-refractivity contribution in [2.75, 3.05) is 5.32 Å². The molecule has 0 spiro atoms. The van der Waals surface area contributed by atoms with Crippen molar-refractivity contribution in [3.8, 4) is 0 Å². The number of nitrogens with zero attached hydrogens (tertiary/aromatic N) is 2. The van der Waals surface area contributed by atoms with Gasteiger partial charge in [0.2, 0.25) is 5.95 Å². The second-order valence-electron chi connectivity index (χ2n) is 6.53. The molecule has 0 aliphatic carbocycles. The highest BCUT2D eigenvalue weighted by atomic mass is 19.1. The van der Waals surface area contributed by atoms with Crippen molar-refractivity contribution in [1.29, 1.82) is 0 Å². The van der Waals surface area contributed by atoms with Gasteiger partial charge in [-0.25, -0.2) is 14.4 Å². The molecule has 4 rings (SSSR count). The average molecular weight is 364 g/mol. The first-order valence-corrected chi connectivity index (χ1v) is 8.65. The third-order valence-corrected chi connectivity index (χ3v) is 4.45. The van der Waals surface area contributed by atoms with E-state index in [1.165, 1.54) is 12.1 Å². The van der Waals surface area contributed by atoms with E-state index in [0.717, 1.165) is 27.7 Å². The van der Waals surface area contributed by atoms with Gasteiger partial charge >= 0.3 is 0 Å². The lowest BCUT2D eigenvalue weighted by Crippen LogP contribution is -2.04. The zero-order valence-corrected chi connectivity index (χ0v) is 14.8. The van der Waals surface area contributed by atoms with Crippen LogP contribution in [0.15, 0.2) is 54.9 Å². The Balaban J connectivity index is 1.49. The normalized spacial score (nSPS) is 11.1. The Kier molecular flexibility index (Phi) is 4.54. The van der Waals surface area contributed by atoms with Gasteiger partial charge in [-0.1, -0.05) is 18.2 Å². The van der Waals surface area contributed by atoms with Crippen molar-refractivity contribution in [2.24, 2.45) is 0 Å². The van der Waals surface area contributed by atoms with E-state index in [9.17, 15) is 8.78 Å². The van der Waals surface area contributed by atoms with Gasteiger partial charge < -0.3 is 10.3 Å². The van der Waals surface area contributed by atoms with Crippen LogP contribution in [0.3, 0.4) is 0 Å². The van der Waals surface area contributed by atoms with E-state index in [-0.39, 0.29) is 5.82 Å². The van der Waals surface area contributed by atoms with Crippen molar-refractivity contribution < 1.29 is 8.78 Å². The first-order valence-electron chi connectivity index (χ1n) is 8.65. The molecule has 0 fully saturated rings. The van der Waals surface area contributed by atoms with E-state index in [1.807, 2.05) is 19.2 Å². The molecule has 0 bridgehead atoms. The third kappa shape index (κ3) is 3.79. The molecular weight excluding hydrogens is 346 g/mol. The number of aryl methyl sites for hydroxylation is 1. The molecule has 0 amide bonds. The summed E-state index contributed by atoms with van der Waals surface area (Å²) in [6, 6.07) is 11.7. The third-order valence-electron chi connectivity index (χ3n) is 4.45. The Bertz CT molecular complexity index is 1090. The molecule has 1 aromatic carbocycles. The molecule has 136 valence electrons. The summed E-state index contributed by atoms with van der Waals surface area (Å²) in [6.07, 6.45) is 4.09. The predicted octanol–water partition coefficient (Wildman–Crippen LogP) is 4.75. The highest BCUT2D eigenvalue weighted by Gasteiger charge is 2.11. The number of H-pyrrole nitrogens is 1. The summed E-state index contributed by atoms with van der Waals surface area (Å²) in [5.74, 6) is -0.346. The summed E-state index contributed by atoms with van der Waals surface area (Å²) in [5, 5.41) is 4.05. The molecular formula is C21H18F2N4. The van der Waals surface area contributed by atoms with Crippen LogP contribution in [0, 0.1) is 18.7 Å². The van der Waals surface area contributed by atoms with Gasteiger partial charge in [-0.05, 0) is 47.9 Å². The number of fused-ring (bicyclic) bond motifs is 1. The monoisotopic (exact) mass is 364 g/mol. The number of nitrogens with one attached hydrogen (secondary N) is 2. The number of anilines is 1. The Hall–Kier alpha value is -3.28. The number of rotatable bonds is 5. The maximum absolute atomic E-state index is 14.5. The zero-order chi connectivity index (χ0) is 18.8. The molecule has 0 saturated heterocycles. The summed E-state index contributed by atoms with van der Waals surface area (Å²) in [5.41, 5.74) is 4.24. The molecule has 0 aliphatic rings. The van der Waals surface area contributed by atoms with Gasteiger partial charge in [0.25, 0.3) is 0 Å². The van der Waals surface area contributed by atoms with Crippen molar-refractivity contribution in [1.82, 2.24) is 15.0 Å². The summed E-state index contributed by atoms with van der Waals surface area (Å²) in [4.78, 5) is 11.5. The first-order chi connectivity index (χ1) is 13.1. The van der Waals surface area contributed by atoms with E-state index in [2.05, 4.69) is 20.3 Å². The van der Waals surface area contributed by atoms with E-state index in [1.54, 1.807) is 30.5 Å². The molecule has 6 heteroatoms. The SMILES string of the molecule is Cc1cnc2[nH]cc(Cc3ccc(NCc4ccc(F)cc4)nc3F)c2c1. The molecule has 0 atom stereocenters. The van der Waals surface area contributed by atoms with Crippen LogP contribution in [0.1, 0.15) is 22.3 Å². The highest BCUT2D eigenvalue weighted by molar-refractivity contribution is 5.80. The minimum absolute atomic E-state index is 0.282. The minimum Gasteiger partial charge on any atom is -0.366 e. The summed E-state index contributed by atoms with van der Waals surface area (Å²) in [7, 11) is 0. The molecule has 3 aromatic heterocycles. The molecule has 2 N–H and O–H groups in total. The summed E-state index contributed by atoms with van der Waals surface area (Å²) < 4.78 is 27.4. The van der Waals surface area contributed by atoms with Crippen LogP contribution in [0.5, 0.6) is 0 Å². The van der Waals surface area contributed by atoms with Crippen LogP contribution < -0.4 is 5.32 Å². The Morgan fingerprint density at radius 3 is 2.63 bits per heavy atom. The van der Waals surface area contributed by atoms with E-state index in [4.69, 9.17) is 0 Å². The molecule has 4 aromatic rings. The van der Waals surface area contributed by atoms with Gasteiger partial charge in [0, 0.05) is 36.3 Å². The molecule has 0 unspecified atom stereocenters. The quantitative estimate of drug-likeness (QED) is 0.503. The Labute approximate surface area is 155 Å². The number of halogens is 2. The minimum atomic E-state index is -0.505. The zero-order valence-electron chi connectivity index (χ0n) is 14.8. The van der Waals surface area contributed by atoms with Gasteiger partial charge in [-0.15, -0.1) is 0 Å². The lowest BCUT2D eigenvalue weighted by molar-refractivity contribution is 0.571. The lowest BCUT2D eigenvalue weighted by Gasteiger charge is -2.08. The largest absolute Gasteiger partial charge is 0.366 e. The average Bonchev–Trinajstić information content (AvgIpc) is 3.05. The maximum Gasteiger partial charge on any atom is 0.218 e. The summed E-state index contributed by atoms with van der Waals surface area (Å²) >= 11 is 0. The highest BCUT2D eigenvalue weighted by Crippen LogP contribution is 2.22. The van der Waals surface area contributed by atoms with Gasteiger partial charge in [0.05, 0.1) is 0 Å². The van der Waals surface area contributed by atoms with Crippen LogP contribution in [-0.2, 0) is 13.0 Å². The maximum atomic E-state index is 14.5. The Morgan fingerprint density at radius 1 is 1.04 bits per heavy atom. The van der Waals surface area contributed by atoms with Crippen LogP contribution in [0.2, 0.25) is 0 Å². The van der Waals surface area contributed by atoms with Gasteiger partial charge in [-0.3, -0.25) is 0 Å². The van der Waals surface area contributed by atoms with Gasteiger partial charge in [0.15, 0.2) is 0 Å². The van der Waals surface area contributed by atoms with Crippen molar-refractivity contribution in [2.45, 2.75) is 19.9 Å².